The molecule has 0 atom stereocenters. The van der Waals surface area contributed by atoms with Crippen molar-refractivity contribution >= 4 is 20.2 Å². The Balaban J connectivity index is 3.13. The molecule has 0 spiro atoms. The largest absolute Gasteiger partial charge is 0.384 e. The first-order valence-corrected chi connectivity index (χ1v) is 8.16. The maximum atomic E-state index is 11.7. The van der Waals surface area contributed by atoms with Crippen LogP contribution in [0.5, 0.6) is 0 Å². The number of rotatable bonds is 6. The normalized spacial score (nSPS) is 11.7. The smallest absolute Gasteiger partial charge is 0.338 e. The van der Waals surface area contributed by atoms with E-state index in [2.05, 4.69) is 21.5 Å². The van der Waals surface area contributed by atoms with Gasteiger partial charge in [0.25, 0.3) is 0 Å². The minimum atomic E-state index is -4.00. The number of allylic oxidation sites excluding steroid dienone is 2. The molecular formula is C12H14O6S2. The molecular weight excluding hydrogens is 304 g/mol. The fourth-order valence-corrected chi connectivity index (χ4v) is 3.12. The number of hydrogen-bond donors (Lipinski definition) is 0. The van der Waals surface area contributed by atoms with E-state index < -0.39 is 20.2 Å². The van der Waals surface area contributed by atoms with Gasteiger partial charge in [0.05, 0.1) is 0 Å². The van der Waals surface area contributed by atoms with E-state index in [1.165, 1.54) is 13.8 Å². The predicted octanol–water partition coefficient (Wildman–Crippen LogP) is 2.16. The van der Waals surface area contributed by atoms with Gasteiger partial charge in [-0.1, -0.05) is 13.2 Å². The summed E-state index contributed by atoms with van der Waals surface area (Å²) in [7, 11) is -8.00. The maximum absolute atomic E-state index is 11.7. The van der Waals surface area contributed by atoms with Crippen molar-refractivity contribution in [2.24, 2.45) is 0 Å². The first kappa shape index (κ1) is 16.3. The van der Waals surface area contributed by atoms with Crippen LogP contribution in [0.3, 0.4) is 0 Å². The van der Waals surface area contributed by atoms with Gasteiger partial charge < -0.3 is 8.37 Å². The van der Waals surface area contributed by atoms with Gasteiger partial charge in [0, 0.05) is 0 Å². The summed E-state index contributed by atoms with van der Waals surface area (Å²) in [6.45, 7) is 9.43. The Morgan fingerprint density at radius 2 is 1.05 bits per heavy atom. The Morgan fingerprint density at radius 1 is 0.800 bits per heavy atom. The third-order valence-corrected chi connectivity index (χ3v) is 4.61. The summed E-state index contributed by atoms with van der Waals surface area (Å²) in [6.07, 6.45) is 0. The Kier molecular flexibility index (Phi) is 4.61. The summed E-state index contributed by atoms with van der Waals surface area (Å²) < 4.78 is 56.0. The van der Waals surface area contributed by atoms with Crippen LogP contribution in [0, 0.1) is 0 Å². The third kappa shape index (κ3) is 4.10. The topological polar surface area (TPSA) is 86.7 Å². The Morgan fingerprint density at radius 3 is 1.25 bits per heavy atom. The molecule has 0 aliphatic carbocycles. The van der Waals surface area contributed by atoms with Crippen molar-refractivity contribution in [3.63, 3.8) is 0 Å². The highest BCUT2D eigenvalue weighted by atomic mass is 32.2. The summed E-state index contributed by atoms with van der Waals surface area (Å²) >= 11 is 0. The lowest BCUT2D eigenvalue weighted by molar-refractivity contribution is 0.407. The highest BCUT2D eigenvalue weighted by molar-refractivity contribution is 7.87. The quantitative estimate of drug-likeness (QED) is 0.590. The molecule has 0 aliphatic heterocycles. The zero-order valence-electron chi connectivity index (χ0n) is 11.0. The van der Waals surface area contributed by atoms with Crippen LogP contribution in [-0.2, 0) is 28.6 Å². The van der Waals surface area contributed by atoms with E-state index >= 15 is 0 Å². The van der Waals surface area contributed by atoms with Crippen molar-refractivity contribution in [3.05, 3.63) is 48.9 Å². The fourth-order valence-electron chi connectivity index (χ4n) is 1.24. The van der Waals surface area contributed by atoms with E-state index in [0.29, 0.717) is 0 Å². The highest BCUT2D eigenvalue weighted by Crippen LogP contribution is 2.20. The van der Waals surface area contributed by atoms with E-state index in [-0.39, 0.29) is 21.3 Å². The molecule has 0 heterocycles. The zero-order valence-corrected chi connectivity index (χ0v) is 12.6. The number of benzene rings is 1. The van der Waals surface area contributed by atoms with Crippen LogP contribution in [0.4, 0.5) is 0 Å². The molecule has 0 fully saturated rings. The predicted molar refractivity (Wildman–Crippen MR) is 72.6 cm³/mol. The minimum absolute atomic E-state index is 0.00677. The average Bonchev–Trinajstić information content (AvgIpc) is 2.25. The standard InChI is InChI=1S/C12H14O6S2/c1-9(2)17-19(13,14)11-5-7-12(8-6-11)20(15,16)18-10(3)4/h5-8H,1,3H2,2,4H3. The Bertz CT molecular complexity index is 662. The van der Waals surface area contributed by atoms with Gasteiger partial charge in [0.1, 0.15) is 21.3 Å². The lowest BCUT2D eigenvalue weighted by Crippen LogP contribution is -2.07. The van der Waals surface area contributed by atoms with Crippen molar-refractivity contribution in [2.45, 2.75) is 23.6 Å². The van der Waals surface area contributed by atoms with Crippen molar-refractivity contribution in [2.75, 3.05) is 0 Å². The van der Waals surface area contributed by atoms with Gasteiger partial charge in [-0.2, -0.15) is 16.8 Å². The molecule has 0 radical (unpaired) electrons. The zero-order chi connectivity index (χ0) is 15.6. The monoisotopic (exact) mass is 318 g/mol. The molecule has 1 aromatic rings. The molecule has 0 N–H and O–H groups in total. The molecule has 1 aromatic carbocycles. The van der Waals surface area contributed by atoms with E-state index in [1.54, 1.807) is 0 Å². The molecule has 0 amide bonds. The van der Waals surface area contributed by atoms with Crippen LogP contribution in [-0.4, -0.2) is 16.8 Å². The first-order valence-electron chi connectivity index (χ1n) is 5.34. The van der Waals surface area contributed by atoms with E-state index in [4.69, 9.17) is 0 Å². The molecule has 0 bridgehead atoms. The van der Waals surface area contributed by atoms with Crippen LogP contribution < -0.4 is 0 Å². The van der Waals surface area contributed by atoms with Crippen LogP contribution in [0.2, 0.25) is 0 Å². The van der Waals surface area contributed by atoms with Gasteiger partial charge in [0.2, 0.25) is 0 Å². The molecule has 1 rings (SSSR count). The Hall–Kier alpha value is -1.80. The van der Waals surface area contributed by atoms with Crippen LogP contribution in [0.1, 0.15) is 13.8 Å². The summed E-state index contributed by atoms with van der Waals surface area (Å²) in [5.74, 6) is 0.0135. The highest BCUT2D eigenvalue weighted by Gasteiger charge is 2.20. The van der Waals surface area contributed by atoms with Gasteiger partial charge in [0.15, 0.2) is 0 Å². The molecule has 0 aliphatic rings. The van der Waals surface area contributed by atoms with Gasteiger partial charge in [-0.3, -0.25) is 0 Å². The average molecular weight is 318 g/mol. The van der Waals surface area contributed by atoms with Gasteiger partial charge in [-0.05, 0) is 38.1 Å². The van der Waals surface area contributed by atoms with Gasteiger partial charge in [-0.25, -0.2) is 0 Å². The molecule has 0 saturated heterocycles. The first-order chi connectivity index (χ1) is 9.04. The summed E-state index contributed by atoms with van der Waals surface area (Å²) in [4.78, 5) is -0.371. The second-order valence-electron chi connectivity index (χ2n) is 3.95. The van der Waals surface area contributed by atoms with Crippen LogP contribution in [0.15, 0.2) is 58.7 Å². The summed E-state index contributed by atoms with van der Waals surface area (Å²) in [6, 6.07) is 4.42. The molecule has 8 heteroatoms. The molecule has 110 valence electrons. The Labute approximate surface area is 118 Å². The second-order valence-corrected chi connectivity index (χ2v) is 7.04. The molecule has 20 heavy (non-hydrogen) atoms. The van der Waals surface area contributed by atoms with Gasteiger partial charge >= 0.3 is 20.2 Å². The number of hydrogen-bond acceptors (Lipinski definition) is 6. The lowest BCUT2D eigenvalue weighted by atomic mass is 10.4. The SMILES string of the molecule is C=C(C)OS(=O)(=O)c1ccc(S(=O)(=O)OC(=C)C)cc1. The third-order valence-electron chi connectivity index (χ3n) is 1.91. The second kappa shape index (κ2) is 5.68. The van der Waals surface area contributed by atoms with E-state index in [0.717, 1.165) is 24.3 Å². The minimum Gasteiger partial charge on any atom is -0.384 e. The summed E-state index contributed by atoms with van der Waals surface area (Å²) in [5, 5.41) is 0. The van der Waals surface area contributed by atoms with Gasteiger partial charge in [-0.15, -0.1) is 0 Å². The summed E-state index contributed by atoms with van der Waals surface area (Å²) in [5.41, 5.74) is 0. The van der Waals surface area contributed by atoms with E-state index in [9.17, 15) is 16.8 Å². The fraction of sp³-hybridized carbons (Fsp3) is 0.167. The van der Waals surface area contributed by atoms with Crippen LogP contribution >= 0.6 is 0 Å². The molecule has 0 saturated carbocycles. The van der Waals surface area contributed by atoms with E-state index in [1.807, 2.05) is 0 Å². The molecule has 0 unspecified atom stereocenters. The molecule has 6 nitrogen and oxygen atoms in total. The molecule has 0 aromatic heterocycles. The van der Waals surface area contributed by atoms with Crippen molar-refractivity contribution < 1.29 is 25.2 Å². The van der Waals surface area contributed by atoms with Crippen molar-refractivity contribution in [3.8, 4) is 0 Å². The van der Waals surface area contributed by atoms with Crippen molar-refractivity contribution in [1.29, 1.82) is 0 Å². The maximum Gasteiger partial charge on any atom is 0.338 e. The van der Waals surface area contributed by atoms with Crippen molar-refractivity contribution in [1.82, 2.24) is 0 Å². The lowest BCUT2D eigenvalue weighted by Gasteiger charge is -2.08. The van der Waals surface area contributed by atoms with Crippen LogP contribution in [0.25, 0.3) is 0 Å².